The molecule has 20 heavy (non-hydrogen) atoms. The molecule has 2 atom stereocenters. The van der Waals surface area contributed by atoms with Crippen molar-refractivity contribution in [1.29, 1.82) is 0 Å². The molecule has 0 radical (unpaired) electrons. The van der Waals surface area contributed by atoms with Crippen LogP contribution in [0.3, 0.4) is 0 Å². The first-order chi connectivity index (χ1) is 9.36. The van der Waals surface area contributed by atoms with E-state index in [1.165, 1.54) is 11.3 Å². The fraction of sp³-hybridized carbons (Fsp3) is 0.643. The lowest BCUT2D eigenvalue weighted by molar-refractivity contribution is -0.144. The number of amides is 2. The Balaban J connectivity index is 1.99. The molecule has 2 rings (SSSR count). The second-order valence-electron chi connectivity index (χ2n) is 5.77. The lowest BCUT2D eigenvalue weighted by Gasteiger charge is -2.34. The van der Waals surface area contributed by atoms with Crippen molar-refractivity contribution < 1.29 is 9.59 Å². The van der Waals surface area contributed by atoms with Gasteiger partial charge in [-0.1, -0.05) is 13.8 Å². The number of carbonyl (C=O) groups is 2. The molecule has 2 unspecified atom stereocenters. The number of aromatic nitrogens is 1. The summed E-state index contributed by atoms with van der Waals surface area (Å²) in [5.41, 5.74) is 0.887. The molecule has 1 N–H and O–H groups in total. The van der Waals surface area contributed by atoms with Crippen LogP contribution in [0.15, 0.2) is 0 Å². The van der Waals surface area contributed by atoms with E-state index in [2.05, 4.69) is 24.1 Å². The Morgan fingerprint density at radius 3 is 2.35 bits per heavy atom. The maximum absolute atomic E-state index is 12.2. The third kappa shape index (κ3) is 3.36. The molecule has 6 heteroatoms. The van der Waals surface area contributed by atoms with E-state index in [1.54, 1.807) is 4.90 Å². The number of anilines is 1. The number of piperidine rings is 1. The normalized spacial score (nSPS) is 22.7. The van der Waals surface area contributed by atoms with Gasteiger partial charge >= 0.3 is 11.8 Å². The van der Waals surface area contributed by atoms with E-state index in [9.17, 15) is 9.59 Å². The van der Waals surface area contributed by atoms with Crippen LogP contribution < -0.4 is 5.32 Å². The molecule has 0 spiro atoms. The summed E-state index contributed by atoms with van der Waals surface area (Å²) in [6.45, 7) is 9.37. The molecule has 0 aromatic carbocycles. The third-order valence-corrected chi connectivity index (χ3v) is 4.59. The van der Waals surface area contributed by atoms with Gasteiger partial charge in [-0.05, 0) is 32.1 Å². The first kappa shape index (κ1) is 15.0. The number of nitrogens with one attached hydrogen (secondary N) is 1. The fourth-order valence-electron chi connectivity index (χ4n) is 2.65. The largest absolute Gasteiger partial charge is 0.334 e. The van der Waals surface area contributed by atoms with Crippen LogP contribution in [0.4, 0.5) is 5.13 Å². The van der Waals surface area contributed by atoms with E-state index in [4.69, 9.17) is 0 Å². The van der Waals surface area contributed by atoms with Gasteiger partial charge in [-0.3, -0.25) is 14.9 Å². The number of aryl methyl sites for hydroxylation is 2. The highest BCUT2D eigenvalue weighted by Gasteiger charge is 2.29. The molecule has 1 aliphatic heterocycles. The summed E-state index contributed by atoms with van der Waals surface area (Å²) < 4.78 is 0. The number of rotatable bonds is 1. The summed E-state index contributed by atoms with van der Waals surface area (Å²) >= 11 is 1.39. The fourth-order valence-corrected chi connectivity index (χ4v) is 3.46. The maximum atomic E-state index is 12.2. The van der Waals surface area contributed by atoms with Gasteiger partial charge in [-0.25, -0.2) is 4.98 Å². The van der Waals surface area contributed by atoms with Gasteiger partial charge in [0, 0.05) is 18.0 Å². The van der Waals surface area contributed by atoms with Crippen LogP contribution in [0, 0.1) is 25.7 Å². The average molecular weight is 295 g/mol. The van der Waals surface area contributed by atoms with Crippen molar-refractivity contribution in [3.05, 3.63) is 10.6 Å². The van der Waals surface area contributed by atoms with Crippen molar-refractivity contribution in [2.45, 2.75) is 34.1 Å². The predicted molar refractivity (Wildman–Crippen MR) is 79.7 cm³/mol. The van der Waals surface area contributed by atoms with Crippen LogP contribution in [-0.2, 0) is 9.59 Å². The molecule has 0 aliphatic carbocycles. The topological polar surface area (TPSA) is 62.3 Å². The molecule has 1 fully saturated rings. The van der Waals surface area contributed by atoms with Crippen molar-refractivity contribution >= 4 is 28.3 Å². The Bertz CT molecular complexity index is 497. The molecule has 2 heterocycles. The first-order valence-electron chi connectivity index (χ1n) is 6.91. The van der Waals surface area contributed by atoms with Crippen molar-refractivity contribution in [2.75, 3.05) is 18.4 Å². The van der Waals surface area contributed by atoms with Crippen LogP contribution in [0.25, 0.3) is 0 Å². The van der Waals surface area contributed by atoms with E-state index >= 15 is 0 Å². The Hall–Kier alpha value is -1.43. The van der Waals surface area contributed by atoms with Crippen molar-refractivity contribution in [3.63, 3.8) is 0 Å². The lowest BCUT2D eigenvalue weighted by atomic mass is 9.92. The zero-order chi connectivity index (χ0) is 14.9. The van der Waals surface area contributed by atoms with Crippen LogP contribution in [-0.4, -0.2) is 34.8 Å². The number of hydrogen-bond donors (Lipinski definition) is 1. The highest BCUT2D eigenvalue weighted by atomic mass is 32.1. The molecule has 0 saturated carbocycles. The zero-order valence-corrected chi connectivity index (χ0v) is 13.2. The summed E-state index contributed by atoms with van der Waals surface area (Å²) in [6.07, 6.45) is 1.11. The smallest absolute Gasteiger partial charge is 0.315 e. The molecule has 0 bridgehead atoms. The number of likely N-dealkylation sites (tertiary alicyclic amines) is 1. The zero-order valence-electron chi connectivity index (χ0n) is 12.4. The summed E-state index contributed by atoms with van der Waals surface area (Å²) in [5, 5.41) is 3.10. The summed E-state index contributed by atoms with van der Waals surface area (Å²) in [4.78, 5) is 31.1. The van der Waals surface area contributed by atoms with Gasteiger partial charge in [0.15, 0.2) is 5.13 Å². The van der Waals surface area contributed by atoms with Gasteiger partial charge in [0.2, 0.25) is 0 Å². The molecule has 110 valence electrons. The third-order valence-electron chi connectivity index (χ3n) is 3.60. The van der Waals surface area contributed by atoms with Crippen LogP contribution >= 0.6 is 11.3 Å². The van der Waals surface area contributed by atoms with Crippen molar-refractivity contribution in [3.8, 4) is 0 Å². The number of hydrogen-bond acceptors (Lipinski definition) is 4. The van der Waals surface area contributed by atoms with Gasteiger partial charge in [0.25, 0.3) is 0 Å². The van der Waals surface area contributed by atoms with Crippen LogP contribution in [0.5, 0.6) is 0 Å². The second-order valence-corrected chi connectivity index (χ2v) is 6.97. The first-order valence-corrected chi connectivity index (χ1v) is 7.72. The molecule has 2 amide bonds. The van der Waals surface area contributed by atoms with E-state index < -0.39 is 11.8 Å². The molecule has 5 nitrogen and oxygen atoms in total. The Labute approximate surface area is 123 Å². The average Bonchev–Trinajstić information content (AvgIpc) is 2.66. The van der Waals surface area contributed by atoms with Gasteiger partial charge in [-0.2, -0.15) is 0 Å². The highest BCUT2D eigenvalue weighted by Crippen LogP contribution is 2.23. The minimum absolute atomic E-state index is 0.444. The van der Waals surface area contributed by atoms with Crippen LogP contribution in [0.1, 0.15) is 30.8 Å². The van der Waals surface area contributed by atoms with Gasteiger partial charge < -0.3 is 4.90 Å². The Kier molecular flexibility index (Phi) is 4.42. The Morgan fingerprint density at radius 1 is 1.25 bits per heavy atom. The van der Waals surface area contributed by atoms with E-state index in [0.717, 1.165) is 17.0 Å². The van der Waals surface area contributed by atoms with Crippen molar-refractivity contribution in [2.24, 2.45) is 11.8 Å². The number of carbonyl (C=O) groups excluding carboxylic acids is 2. The minimum Gasteiger partial charge on any atom is -0.334 e. The molecule has 1 aliphatic rings. The van der Waals surface area contributed by atoms with E-state index in [0.29, 0.717) is 30.1 Å². The van der Waals surface area contributed by atoms with Gasteiger partial charge in [0.05, 0.1) is 5.69 Å². The van der Waals surface area contributed by atoms with Crippen molar-refractivity contribution in [1.82, 2.24) is 9.88 Å². The van der Waals surface area contributed by atoms with Gasteiger partial charge in [-0.15, -0.1) is 11.3 Å². The summed E-state index contributed by atoms with van der Waals surface area (Å²) in [6, 6.07) is 0. The molecule has 1 saturated heterocycles. The molecule has 1 aromatic rings. The maximum Gasteiger partial charge on any atom is 0.315 e. The number of nitrogens with zero attached hydrogens (tertiary/aromatic N) is 2. The molecule has 1 aromatic heterocycles. The van der Waals surface area contributed by atoms with Gasteiger partial charge in [0.1, 0.15) is 0 Å². The standard InChI is InChI=1S/C14H21N3O2S/c1-8-5-9(2)7-17(6-8)13(19)12(18)16-14-15-10(3)11(4)20-14/h8-9H,5-7H2,1-4H3,(H,15,16,18). The minimum atomic E-state index is -0.583. The highest BCUT2D eigenvalue weighted by molar-refractivity contribution is 7.15. The molecular formula is C14H21N3O2S. The SMILES string of the molecule is Cc1nc(NC(=O)C(=O)N2CC(C)CC(C)C2)sc1C. The summed E-state index contributed by atoms with van der Waals surface area (Å²) in [7, 11) is 0. The van der Waals surface area contributed by atoms with Crippen LogP contribution in [0.2, 0.25) is 0 Å². The predicted octanol–water partition coefficient (Wildman–Crippen LogP) is 2.20. The second kappa shape index (κ2) is 5.91. The Morgan fingerprint density at radius 2 is 1.85 bits per heavy atom. The molecular weight excluding hydrogens is 274 g/mol. The lowest BCUT2D eigenvalue weighted by Crippen LogP contribution is -2.47. The van der Waals surface area contributed by atoms with E-state index in [1.807, 2.05) is 13.8 Å². The summed E-state index contributed by atoms with van der Waals surface area (Å²) in [5.74, 6) is -0.145. The van der Waals surface area contributed by atoms with E-state index in [-0.39, 0.29) is 0 Å². The number of thiazole rings is 1. The monoisotopic (exact) mass is 295 g/mol. The quantitative estimate of drug-likeness (QED) is 0.808.